The molecule has 6 heteroatoms. The fourth-order valence-electron chi connectivity index (χ4n) is 1.99. The summed E-state index contributed by atoms with van der Waals surface area (Å²) < 4.78 is 34.7. The van der Waals surface area contributed by atoms with Crippen LogP contribution in [0.1, 0.15) is 47.0 Å². The fraction of sp³-hybridized carbons (Fsp3) is 0.867. The summed E-state index contributed by atoms with van der Waals surface area (Å²) in [6.45, 7) is 16.4. The van der Waals surface area contributed by atoms with E-state index in [4.69, 9.17) is 0 Å². The van der Waals surface area contributed by atoms with Crippen molar-refractivity contribution in [1.82, 2.24) is 0 Å². The molecule has 21 heavy (non-hydrogen) atoms. The van der Waals surface area contributed by atoms with Crippen LogP contribution < -0.4 is 0 Å². The van der Waals surface area contributed by atoms with Crippen molar-refractivity contribution in [2.24, 2.45) is 11.8 Å². The van der Waals surface area contributed by atoms with Crippen LogP contribution in [0, 0.1) is 24.7 Å². The van der Waals surface area contributed by atoms with E-state index in [1.165, 1.54) is 12.5 Å². The van der Waals surface area contributed by atoms with Crippen LogP contribution in [-0.4, -0.2) is 15.0 Å². The molecule has 0 aromatic rings. The van der Waals surface area contributed by atoms with Gasteiger partial charge in [0.15, 0.2) is 0 Å². The predicted molar refractivity (Wildman–Crippen MR) is 81.9 cm³/mol. The van der Waals surface area contributed by atoms with Crippen molar-refractivity contribution in [3.8, 4) is 0 Å². The van der Waals surface area contributed by atoms with Gasteiger partial charge in [0.1, 0.15) is 0 Å². The van der Waals surface area contributed by atoms with Crippen molar-refractivity contribution < 1.29 is 45.9 Å². The molecule has 123 valence electrons. The molecule has 0 aromatic carbocycles. The second kappa shape index (κ2) is 15.0. The summed E-state index contributed by atoms with van der Waals surface area (Å²) in [5.41, 5.74) is 0. The second-order valence-corrected chi connectivity index (χ2v) is 9.38. The van der Waals surface area contributed by atoms with Crippen LogP contribution in [0.5, 0.6) is 0 Å². The third kappa shape index (κ3) is 22.5. The first kappa shape index (κ1) is 29.2. The van der Waals surface area contributed by atoms with Crippen molar-refractivity contribution in [2.45, 2.75) is 72.3 Å². The Morgan fingerprint density at radius 3 is 1.81 bits per heavy atom. The molecule has 1 radical (unpaired) electrons. The van der Waals surface area contributed by atoms with Crippen molar-refractivity contribution in [3.05, 3.63) is 12.8 Å². The monoisotopic (exact) mass is 652 g/mol. The van der Waals surface area contributed by atoms with Crippen molar-refractivity contribution >= 4 is 8.80 Å². The van der Waals surface area contributed by atoms with Gasteiger partial charge in [-0.05, 0) is 0 Å². The zero-order chi connectivity index (χ0) is 15.6. The SMILES string of the molecule is C[C-](CC(C)C)C[SiH](C)C.[CH2-]C(CCC)C(F)(F)F.[Rf].[Y]. The van der Waals surface area contributed by atoms with E-state index in [-0.39, 0.29) is 47.9 Å². The van der Waals surface area contributed by atoms with Crippen LogP contribution in [0.4, 0.5) is 13.2 Å². The number of rotatable bonds is 6. The van der Waals surface area contributed by atoms with E-state index < -0.39 is 12.1 Å². The van der Waals surface area contributed by atoms with E-state index in [0.29, 0.717) is 6.42 Å². The van der Waals surface area contributed by atoms with Crippen LogP contribution in [0.15, 0.2) is 0 Å². The minimum Gasteiger partial charge on any atom is -0.332 e. The molecule has 0 fully saturated rings. The zero-order valence-corrected chi connectivity index (χ0v) is 25.1. The molecule has 0 spiro atoms. The largest absolute Gasteiger partial charge is 0.365 e. The van der Waals surface area contributed by atoms with Gasteiger partial charge in [-0.1, -0.05) is 58.5 Å². The van der Waals surface area contributed by atoms with Crippen LogP contribution in [0.3, 0.4) is 0 Å². The van der Waals surface area contributed by atoms with Crippen LogP contribution in [0.25, 0.3) is 0 Å². The molecule has 0 aliphatic carbocycles. The normalized spacial score (nSPS) is 12.4. The molecule has 0 rings (SSSR count). The molecule has 1 unspecified atom stereocenters. The summed E-state index contributed by atoms with van der Waals surface area (Å²) in [5, 5.41) is 0. The molecule has 0 aliphatic rings. The predicted octanol–water partition coefficient (Wildman–Crippen LogP) is 5.91. The van der Waals surface area contributed by atoms with Gasteiger partial charge in [0.05, 0.1) is 0 Å². The molecular weight excluding hydrogens is 621 g/mol. The second-order valence-electron chi connectivity index (χ2n) is 6.18. The van der Waals surface area contributed by atoms with Crippen molar-refractivity contribution in [1.29, 1.82) is 0 Å². The number of halogens is 3. The molecule has 1 atom stereocenters. The Hall–Kier alpha value is 0.111. The third-order valence-corrected chi connectivity index (χ3v) is 4.13. The van der Waals surface area contributed by atoms with E-state index in [0.717, 1.165) is 5.92 Å². The molecule has 0 amide bonds. The van der Waals surface area contributed by atoms with Crippen LogP contribution in [-0.2, 0) is 32.7 Å². The molecule has 0 aliphatic heterocycles. The number of alkyl halides is 3. The minimum atomic E-state index is -4.10. The maximum absolute atomic E-state index is 11.6. The number of hydrogen-bond donors (Lipinski definition) is 0. The molecule has 0 bridgehead atoms. The quantitative estimate of drug-likeness (QED) is 0.248. The summed E-state index contributed by atoms with van der Waals surface area (Å²) in [4.78, 5) is 0. The average Bonchev–Trinajstić information content (AvgIpc) is 2.14. The summed E-state index contributed by atoms with van der Waals surface area (Å²) in [5.74, 6) is 1.19. The van der Waals surface area contributed by atoms with Gasteiger partial charge in [0.25, 0.3) is 0 Å². The Morgan fingerprint density at radius 1 is 1.19 bits per heavy atom. The topological polar surface area (TPSA) is 0 Å². The fourth-order valence-corrected chi connectivity index (χ4v) is 3.55. The zero-order valence-electron chi connectivity index (χ0n) is 14.7. The number of hydrogen-bond acceptors (Lipinski definition) is 0. The Morgan fingerprint density at radius 2 is 1.62 bits per heavy atom. The standard InChI is InChI=1S/C9H21Si.C6H10F3.Rf.Y/c1-8(2)6-9(3)7-10(4)5;1-3-4-5(2)6(7,8)9;;/h8,10H,6-7H2,1-5H3;5H,2-4H2,1H3;;/q2*-1;;. The summed E-state index contributed by atoms with van der Waals surface area (Å²) >= 11 is 0. The Kier molecular flexibility index (Phi) is 20.9. The molecule has 0 heterocycles. The minimum absolute atomic E-state index is 0. The van der Waals surface area contributed by atoms with Crippen LogP contribution >= 0.6 is 0 Å². The first-order chi connectivity index (χ1) is 8.50. The Labute approximate surface area is 151 Å². The van der Waals surface area contributed by atoms with Gasteiger partial charge in [-0.15, -0.1) is 0 Å². The van der Waals surface area contributed by atoms with Crippen molar-refractivity contribution in [2.75, 3.05) is 0 Å². The van der Waals surface area contributed by atoms with Gasteiger partial charge in [0.2, 0.25) is 0 Å². The van der Waals surface area contributed by atoms with Gasteiger partial charge in [0, 0.05) is 41.5 Å². The van der Waals surface area contributed by atoms with E-state index in [1.807, 2.05) is 0 Å². The van der Waals surface area contributed by atoms with E-state index >= 15 is 0 Å². The first-order valence-electron chi connectivity index (χ1n) is 7.21. The van der Waals surface area contributed by atoms with Gasteiger partial charge in [-0.25, -0.2) is 0 Å². The van der Waals surface area contributed by atoms with Gasteiger partial charge in [-0.3, -0.25) is 0 Å². The molecular formula is C15H31F3RfSiY-2. The van der Waals surface area contributed by atoms with Gasteiger partial charge < -0.3 is 12.8 Å². The van der Waals surface area contributed by atoms with E-state index in [1.54, 1.807) is 12.8 Å². The van der Waals surface area contributed by atoms with E-state index in [2.05, 4.69) is 40.8 Å². The third-order valence-electron chi connectivity index (χ3n) is 2.61. The average molecular weight is 652 g/mol. The maximum atomic E-state index is 11.6. The summed E-state index contributed by atoms with van der Waals surface area (Å²) in [7, 11) is -0.324. The smallest absolute Gasteiger partial charge is 0.332 e. The summed E-state index contributed by atoms with van der Waals surface area (Å²) in [6.07, 6.45) is -2.10. The summed E-state index contributed by atoms with van der Waals surface area (Å²) in [6, 6.07) is 1.44. The van der Waals surface area contributed by atoms with Crippen molar-refractivity contribution in [3.63, 3.8) is 0 Å². The van der Waals surface area contributed by atoms with Gasteiger partial charge in [-0.2, -0.15) is 32.6 Å². The molecule has 0 N–H and O–H groups in total. The molecule has 0 saturated heterocycles. The molecule has 0 nitrogen and oxygen atoms in total. The first-order valence-corrected chi connectivity index (χ1v) is 10.3. The Balaban J connectivity index is -0.000000126. The van der Waals surface area contributed by atoms with Crippen LogP contribution in [0.2, 0.25) is 19.1 Å². The molecule has 0 aromatic heterocycles. The molecule has 0 saturated carbocycles. The van der Waals surface area contributed by atoms with E-state index in [9.17, 15) is 13.2 Å². The van der Waals surface area contributed by atoms with Gasteiger partial charge >= 0.3 is 6.18 Å². The Bertz CT molecular complexity index is 202. The maximum Gasteiger partial charge on any atom is 0.365 e.